The van der Waals surface area contributed by atoms with Crippen molar-refractivity contribution in [3.63, 3.8) is 0 Å². The van der Waals surface area contributed by atoms with Gasteiger partial charge in [0.25, 0.3) is 5.91 Å². The highest BCUT2D eigenvalue weighted by Crippen LogP contribution is 2.36. The Morgan fingerprint density at radius 1 is 1.28 bits per heavy atom. The van der Waals surface area contributed by atoms with E-state index in [2.05, 4.69) is 26.5 Å². The fourth-order valence-electron chi connectivity index (χ4n) is 1.97. The van der Waals surface area contributed by atoms with Crippen LogP contribution in [-0.2, 0) is 4.79 Å². The Balaban J connectivity index is 1.54. The highest BCUT2D eigenvalue weighted by atomic mass is 79.9. The maximum absolute atomic E-state index is 11.8. The average Bonchev–Trinajstić information content (AvgIpc) is 3.01. The lowest BCUT2D eigenvalue weighted by Gasteiger charge is -2.07. The molecule has 0 unspecified atom stereocenters. The normalized spacial score (nSPS) is 12.4. The molecule has 1 aliphatic rings. The first kappa shape index (κ1) is 17.8. The summed E-state index contributed by atoms with van der Waals surface area (Å²) in [5.41, 5.74) is 3.10. The third-order valence-electron chi connectivity index (χ3n) is 3.14. The fourth-order valence-corrected chi connectivity index (χ4v) is 2.86. The number of ether oxygens (including phenoxy) is 3. The zero-order chi connectivity index (χ0) is 17.8. The third-order valence-corrected chi connectivity index (χ3v) is 4.35. The Kier molecular flexibility index (Phi) is 5.67. The Morgan fingerprint density at radius 3 is 2.80 bits per heavy atom. The van der Waals surface area contributed by atoms with Crippen molar-refractivity contribution in [3.8, 4) is 17.2 Å². The van der Waals surface area contributed by atoms with Gasteiger partial charge in [0.2, 0.25) is 6.79 Å². The number of halogens is 3. The van der Waals surface area contributed by atoms with Gasteiger partial charge in [-0.2, -0.15) is 5.10 Å². The predicted molar refractivity (Wildman–Crippen MR) is 98.0 cm³/mol. The van der Waals surface area contributed by atoms with Crippen molar-refractivity contribution >= 4 is 51.3 Å². The Labute approximate surface area is 161 Å². The van der Waals surface area contributed by atoms with Crippen LogP contribution < -0.4 is 19.6 Å². The van der Waals surface area contributed by atoms with E-state index in [0.717, 1.165) is 10.0 Å². The quantitative estimate of drug-likeness (QED) is 0.557. The molecule has 0 saturated heterocycles. The van der Waals surface area contributed by atoms with Gasteiger partial charge in [-0.25, -0.2) is 5.43 Å². The molecule has 6 nitrogen and oxygen atoms in total. The molecule has 1 aliphatic heterocycles. The van der Waals surface area contributed by atoms with Crippen LogP contribution >= 0.6 is 39.1 Å². The Hall–Kier alpha value is -1.96. The first-order valence-corrected chi connectivity index (χ1v) is 8.57. The molecule has 0 aliphatic carbocycles. The lowest BCUT2D eigenvalue weighted by molar-refractivity contribution is -0.123. The second kappa shape index (κ2) is 7.95. The molecular weight excluding hydrogens is 435 g/mol. The van der Waals surface area contributed by atoms with Gasteiger partial charge in [0.05, 0.1) is 11.2 Å². The zero-order valence-electron chi connectivity index (χ0n) is 12.6. The van der Waals surface area contributed by atoms with Gasteiger partial charge in [0.1, 0.15) is 5.75 Å². The van der Waals surface area contributed by atoms with Gasteiger partial charge in [-0.05, 0) is 46.3 Å². The van der Waals surface area contributed by atoms with Gasteiger partial charge in [-0.1, -0.05) is 23.2 Å². The Morgan fingerprint density at radius 2 is 2.04 bits per heavy atom. The lowest BCUT2D eigenvalue weighted by Crippen LogP contribution is -2.24. The van der Waals surface area contributed by atoms with Crippen LogP contribution in [0.3, 0.4) is 0 Å². The second-order valence-corrected chi connectivity index (χ2v) is 6.58. The molecule has 0 radical (unpaired) electrons. The van der Waals surface area contributed by atoms with Crippen LogP contribution in [0, 0.1) is 0 Å². The molecule has 0 atom stereocenters. The summed E-state index contributed by atoms with van der Waals surface area (Å²) in [6, 6.07) is 8.27. The maximum atomic E-state index is 11.8. The number of fused-ring (bicyclic) bond motifs is 1. The summed E-state index contributed by atoms with van der Waals surface area (Å²) in [7, 11) is 0. The van der Waals surface area contributed by atoms with E-state index < -0.39 is 5.91 Å². The van der Waals surface area contributed by atoms with Crippen LogP contribution in [0.5, 0.6) is 17.2 Å². The predicted octanol–water partition coefficient (Wildman–Crippen LogP) is 4.01. The molecule has 0 aromatic heterocycles. The smallest absolute Gasteiger partial charge is 0.277 e. The first-order chi connectivity index (χ1) is 12.0. The molecule has 1 N–H and O–H groups in total. The zero-order valence-corrected chi connectivity index (χ0v) is 15.7. The van der Waals surface area contributed by atoms with Crippen molar-refractivity contribution in [1.29, 1.82) is 0 Å². The number of nitrogens with zero attached hydrogens (tertiary/aromatic N) is 1. The number of hydrogen-bond donors (Lipinski definition) is 1. The second-order valence-electron chi connectivity index (χ2n) is 4.88. The van der Waals surface area contributed by atoms with Gasteiger partial charge < -0.3 is 14.2 Å². The van der Waals surface area contributed by atoms with E-state index in [1.807, 2.05) is 0 Å². The number of benzene rings is 2. The molecule has 2 aromatic carbocycles. The molecule has 9 heteroatoms. The van der Waals surface area contributed by atoms with Crippen molar-refractivity contribution < 1.29 is 19.0 Å². The van der Waals surface area contributed by atoms with E-state index in [0.29, 0.717) is 27.3 Å². The average molecular weight is 446 g/mol. The molecule has 0 bridgehead atoms. The summed E-state index contributed by atoms with van der Waals surface area (Å²) in [4.78, 5) is 11.8. The van der Waals surface area contributed by atoms with Crippen molar-refractivity contribution in [2.45, 2.75) is 0 Å². The van der Waals surface area contributed by atoms with Gasteiger partial charge in [0, 0.05) is 15.1 Å². The molecule has 0 saturated carbocycles. The summed E-state index contributed by atoms with van der Waals surface area (Å²) in [5.74, 6) is 1.21. The van der Waals surface area contributed by atoms with E-state index in [4.69, 9.17) is 37.4 Å². The summed E-state index contributed by atoms with van der Waals surface area (Å²) < 4.78 is 16.6. The van der Waals surface area contributed by atoms with Crippen molar-refractivity contribution in [2.75, 3.05) is 13.4 Å². The van der Waals surface area contributed by atoms with E-state index in [9.17, 15) is 4.79 Å². The third kappa shape index (κ3) is 4.56. The molecule has 2 aromatic rings. The van der Waals surface area contributed by atoms with Crippen LogP contribution in [-0.4, -0.2) is 25.5 Å². The largest absolute Gasteiger partial charge is 0.482 e. The van der Waals surface area contributed by atoms with Gasteiger partial charge in [-0.3, -0.25) is 4.79 Å². The highest BCUT2D eigenvalue weighted by Gasteiger charge is 2.15. The number of amides is 1. The number of carbonyl (C=O) groups is 1. The van der Waals surface area contributed by atoms with Crippen LogP contribution in [0.25, 0.3) is 0 Å². The molecule has 130 valence electrons. The molecule has 25 heavy (non-hydrogen) atoms. The summed E-state index contributed by atoms with van der Waals surface area (Å²) in [5, 5.41) is 4.71. The summed E-state index contributed by atoms with van der Waals surface area (Å²) >= 11 is 15.2. The minimum Gasteiger partial charge on any atom is -0.482 e. The minimum absolute atomic E-state index is 0.184. The molecule has 0 fully saturated rings. The fraction of sp³-hybridized carbons (Fsp3) is 0.125. The van der Waals surface area contributed by atoms with Crippen LogP contribution in [0.1, 0.15) is 5.56 Å². The summed E-state index contributed by atoms with van der Waals surface area (Å²) in [6.07, 6.45) is 1.49. The molecule has 0 spiro atoms. The lowest BCUT2D eigenvalue weighted by atomic mass is 10.2. The van der Waals surface area contributed by atoms with Gasteiger partial charge in [0.15, 0.2) is 18.1 Å². The SMILES string of the molecule is O=C(COc1ccc(Cl)cc1Cl)N/N=C\c1cc2c(cc1Br)OCO2. The van der Waals surface area contributed by atoms with Gasteiger partial charge >= 0.3 is 0 Å². The van der Waals surface area contributed by atoms with E-state index in [-0.39, 0.29) is 13.4 Å². The maximum Gasteiger partial charge on any atom is 0.277 e. The standard InChI is InChI=1S/C16H11BrCl2N2O4/c17-11-5-15-14(24-8-25-15)3-9(11)6-20-21-16(22)7-23-13-2-1-10(18)4-12(13)19/h1-6H,7-8H2,(H,21,22)/b20-6-. The number of nitrogens with one attached hydrogen (secondary N) is 1. The van der Waals surface area contributed by atoms with Crippen LogP contribution in [0.4, 0.5) is 0 Å². The van der Waals surface area contributed by atoms with Gasteiger partial charge in [-0.15, -0.1) is 0 Å². The Bertz CT molecular complexity index is 845. The van der Waals surface area contributed by atoms with Crippen LogP contribution in [0.2, 0.25) is 10.0 Å². The topological polar surface area (TPSA) is 69.2 Å². The van der Waals surface area contributed by atoms with Crippen LogP contribution in [0.15, 0.2) is 39.9 Å². The number of carbonyl (C=O) groups excluding carboxylic acids is 1. The molecule has 1 amide bonds. The molecular formula is C16H11BrCl2N2O4. The highest BCUT2D eigenvalue weighted by molar-refractivity contribution is 9.10. The number of hydrazone groups is 1. The minimum atomic E-state index is -0.431. The van der Waals surface area contributed by atoms with E-state index in [1.165, 1.54) is 12.3 Å². The molecule has 3 rings (SSSR count). The van der Waals surface area contributed by atoms with Crippen molar-refractivity contribution in [3.05, 3.63) is 50.4 Å². The molecule has 1 heterocycles. The monoisotopic (exact) mass is 444 g/mol. The first-order valence-electron chi connectivity index (χ1n) is 7.02. The number of hydrogen-bond acceptors (Lipinski definition) is 5. The number of rotatable bonds is 5. The van der Waals surface area contributed by atoms with E-state index in [1.54, 1.807) is 24.3 Å². The summed E-state index contributed by atoms with van der Waals surface area (Å²) in [6.45, 7) is -0.0509. The van der Waals surface area contributed by atoms with Crippen molar-refractivity contribution in [1.82, 2.24) is 5.43 Å². The van der Waals surface area contributed by atoms with E-state index >= 15 is 0 Å². The van der Waals surface area contributed by atoms with Crippen molar-refractivity contribution in [2.24, 2.45) is 5.10 Å².